The molecule has 2 heterocycles. The molecule has 0 spiro atoms. The van der Waals surface area contributed by atoms with Crippen molar-refractivity contribution in [2.24, 2.45) is 0 Å². The number of nitrogens with zero attached hydrogens (tertiary/aromatic N) is 2. The van der Waals surface area contributed by atoms with Crippen molar-refractivity contribution in [3.8, 4) is 10.7 Å². The van der Waals surface area contributed by atoms with Crippen LogP contribution in [0.2, 0.25) is 4.34 Å². The van der Waals surface area contributed by atoms with Crippen LogP contribution < -0.4 is 5.32 Å². The molecule has 0 fully saturated rings. The Morgan fingerprint density at radius 3 is 2.35 bits per heavy atom. The van der Waals surface area contributed by atoms with E-state index < -0.39 is 0 Å². The fraction of sp³-hybridized carbons (Fsp3) is 0.385. The number of rotatable bonds is 2. The molecule has 0 amide bonds. The van der Waals surface area contributed by atoms with Gasteiger partial charge in [-0.25, -0.2) is 9.97 Å². The summed E-state index contributed by atoms with van der Waals surface area (Å²) < 4.78 is 2.47. The molecular weight excluding hydrogens is 425 g/mol. The molecule has 20 heavy (non-hydrogen) atoms. The number of thiophene rings is 1. The van der Waals surface area contributed by atoms with Crippen molar-refractivity contribution in [2.75, 3.05) is 12.4 Å². The molecule has 0 aliphatic heterocycles. The van der Waals surface area contributed by atoms with E-state index >= 15 is 0 Å². The molecule has 0 aliphatic rings. The van der Waals surface area contributed by atoms with Crippen LogP contribution >= 0.6 is 54.8 Å². The number of nitrogens with one attached hydrogen (secondary N) is 1. The van der Waals surface area contributed by atoms with Gasteiger partial charge in [0.2, 0.25) is 0 Å². The van der Waals surface area contributed by atoms with E-state index in [9.17, 15) is 0 Å². The second kappa shape index (κ2) is 5.91. The maximum absolute atomic E-state index is 6.11. The Kier molecular flexibility index (Phi) is 4.79. The lowest BCUT2D eigenvalue weighted by Gasteiger charge is -2.21. The Bertz CT molecular complexity index is 630. The first-order valence-electron chi connectivity index (χ1n) is 5.95. The van der Waals surface area contributed by atoms with Crippen LogP contribution in [-0.4, -0.2) is 17.0 Å². The fourth-order valence-electron chi connectivity index (χ4n) is 1.68. The molecule has 2 rings (SSSR count). The van der Waals surface area contributed by atoms with E-state index in [4.69, 9.17) is 16.6 Å². The van der Waals surface area contributed by atoms with Gasteiger partial charge in [0.25, 0.3) is 0 Å². The van der Waals surface area contributed by atoms with Gasteiger partial charge in [-0.15, -0.1) is 11.3 Å². The number of hydrogen-bond acceptors (Lipinski definition) is 4. The van der Waals surface area contributed by atoms with Gasteiger partial charge in [0.05, 0.1) is 15.0 Å². The summed E-state index contributed by atoms with van der Waals surface area (Å²) in [5.74, 6) is 1.46. The summed E-state index contributed by atoms with van der Waals surface area (Å²) in [6.45, 7) is 6.38. The predicted octanol–water partition coefficient (Wildman–Crippen LogP) is 5.72. The minimum atomic E-state index is -0.0829. The van der Waals surface area contributed by atoms with E-state index in [1.54, 1.807) is 0 Å². The van der Waals surface area contributed by atoms with Gasteiger partial charge in [0.1, 0.15) is 10.2 Å². The van der Waals surface area contributed by atoms with Crippen LogP contribution in [0.5, 0.6) is 0 Å². The molecular formula is C13H14Br2ClN3S. The summed E-state index contributed by atoms with van der Waals surface area (Å²) >= 11 is 14.6. The average molecular weight is 440 g/mol. The molecule has 1 N–H and O–H groups in total. The summed E-state index contributed by atoms with van der Waals surface area (Å²) in [5, 5.41) is 3.10. The molecule has 2 aromatic rings. The second-order valence-electron chi connectivity index (χ2n) is 5.29. The number of aromatic nitrogens is 2. The molecule has 0 radical (unpaired) electrons. The van der Waals surface area contributed by atoms with Crippen molar-refractivity contribution in [3.63, 3.8) is 0 Å². The smallest absolute Gasteiger partial charge is 0.172 e. The van der Waals surface area contributed by atoms with Gasteiger partial charge in [-0.1, -0.05) is 32.4 Å². The van der Waals surface area contributed by atoms with Crippen molar-refractivity contribution >= 4 is 60.6 Å². The van der Waals surface area contributed by atoms with Gasteiger partial charge >= 0.3 is 0 Å². The number of halogens is 3. The first-order chi connectivity index (χ1) is 9.24. The highest BCUT2D eigenvalue weighted by molar-refractivity contribution is 9.11. The van der Waals surface area contributed by atoms with E-state index in [0.717, 1.165) is 25.3 Å². The van der Waals surface area contributed by atoms with Gasteiger partial charge < -0.3 is 5.32 Å². The molecule has 0 saturated carbocycles. The van der Waals surface area contributed by atoms with Crippen LogP contribution in [0.25, 0.3) is 10.7 Å². The SMILES string of the molecule is CNc1nc(-c2cc(Br)c(Cl)s2)nc(C(C)(C)C)c1Br. The lowest BCUT2D eigenvalue weighted by molar-refractivity contribution is 0.564. The molecule has 0 aliphatic carbocycles. The molecule has 2 aromatic heterocycles. The van der Waals surface area contributed by atoms with Gasteiger partial charge in [-0.05, 0) is 37.9 Å². The first-order valence-corrected chi connectivity index (χ1v) is 8.73. The Balaban J connectivity index is 2.66. The van der Waals surface area contributed by atoms with E-state index in [-0.39, 0.29) is 5.41 Å². The van der Waals surface area contributed by atoms with Crippen molar-refractivity contribution < 1.29 is 0 Å². The Morgan fingerprint density at radius 1 is 1.25 bits per heavy atom. The highest BCUT2D eigenvalue weighted by atomic mass is 79.9. The third-order valence-electron chi connectivity index (χ3n) is 2.66. The lowest BCUT2D eigenvalue weighted by atomic mass is 9.92. The third-order valence-corrected chi connectivity index (χ3v) is 5.89. The quantitative estimate of drug-likeness (QED) is 0.650. The summed E-state index contributed by atoms with van der Waals surface area (Å²) in [6, 6.07) is 1.95. The van der Waals surface area contributed by atoms with Crippen molar-refractivity contribution in [3.05, 3.63) is 25.0 Å². The Morgan fingerprint density at radius 2 is 1.90 bits per heavy atom. The van der Waals surface area contributed by atoms with Crippen molar-refractivity contribution in [2.45, 2.75) is 26.2 Å². The zero-order valence-corrected chi connectivity index (χ0v) is 16.3. The molecule has 108 valence electrons. The molecule has 0 aromatic carbocycles. The van der Waals surface area contributed by atoms with E-state index in [1.165, 1.54) is 11.3 Å². The number of hydrogen-bond donors (Lipinski definition) is 1. The summed E-state index contributed by atoms with van der Waals surface area (Å²) in [6.07, 6.45) is 0. The van der Waals surface area contributed by atoms with E-state index in [1.807, 2.05) is 13.1 Å². The van der Waals surface area contributed by atoms with Gasteiger partial charge in [-0.2, -0.15) is 0 Å². The zero-order chi connectivity index (χ0) is 15.1. The molecule has 0 atom stereocenters. The minimum absolute atomic E-state index is 0.0829. The monoisotopic (exact) mass is 437 g/mol. The largest absolute Gasteiger partial charge is 0.372 e. The van der Waals surface area contributed by atoms with Crippen LogP contribution in [-0.2, 0) is 5.41 Å². The summed E-state index contributed by atoms with van der Waals surface area (Å²) in [5.41, 5.74) is 0.882. The minimum Gasteiger partial charge on any atom is -0.372 e. The molecule has 3 nitrogen and oxygen atoms in total. The van der Waals surface area contributed by atoms with Gasteiger partial charge in [0, 0.05) is 16.9 Å². The normalized spacial score (nSPS) is 11.8. The standard InChI is InChI=1S/C13H14Br2ClN3S/c1-13(2,3)9-8(15)12(17-4)19-11(18-9)7-5-6(14)10(16)20-7/h5H,1-4H3,(H,17,18,19). The zero-order valence-electron chi connectivity index (χ0n) is 11.5. The van der Waals surface area contributed by atoms with Gasteiger partial charge in [-0.3, -0.25) is 0 Å². The Labute approximate surface area is 144 Å². The van der Waals surface area contributed by atoms with Crippen LogP contribution in [0.15, 0.2) is 15.0 Å². The molecule has 7 heteroatoms. The fourth-order valence-corrected chi connectivity index (χ4v) is 4.28. The topological polar surface area (TPSA) is 37.8 Å². The van der Waals surface area contributed by atoms with Crippen LogP contribution in [0.3, 0.4) is 0 Å². The van der Waals surface area contributed by atoms with Crippen molar-refractivity contribution in [1.82, 2.24) is 9.97 Å². The second-order valence-corrected chi connectivity index (χ2v) is 8.59. The third kappa shape index (κ3) is 3.18. The summed E-state index contributed by atoms with van der Waals surface area (Å²) in [7, 11) is 1.85. The van der Waals surface area contributed by atoms with E-state index in [0.29, 0.717) is 10.2 Å². The maximum atomic E-state index is 6.11. The first kappa shape index (κ1) is 16.2. The molecule has 0 saturated heterocycles. The van der Waals surface area contributed by atoms with Crippen molar-refractivity contribution in [1.29, 1.82) is 0 Å². The van der Waals surface area contributed by atoms with Crippen LogP contribution in [0.1, 0.15) is 26.5 Å². The maximum Gasteiger partial charge on any atom is 0.172 e. The lowest BCUT2D eigenvalue weighted by Crippen LogP contribution is -2.16. The Hall–Kier alpha value is -0.170. The predicted molar refractivity (Wildman–Crippen MR) is 94.0 cm³/mol. The highest BCUT2D eigenvalue weighted by Gasteiger charge is 2.24. The van der Waals surface area contributed by atoms with Crippen LogP contribution in [0.4, 0.5) is 5.82 Å². The average Bonchev–Trinajstić information content (AvgIpc) is 2.68. The molecule has 0 unspecified atom stereocenters. The van der Waals surface area contributed by atoms with Crippen LogP contribution in [0, 0.1) is 0 Å². The highest BCUT2D eigenvalue weighted by Crippen LogP contribution is 2.39. The molecule has 0 bridgehead atoms. The van der Waals surface area contributed by atoms with E-state index in [2.05, 4.69) is 62.9 Å². The summed E-state index contributed by atoms with van der Waals surface area (Å²) in [4.78, 5) is 10.2. The number of anilines is 1. The van der Waals surface area contributed by atoms with Gasteiger partial charge in [0.15, 0.2) is 5.82 Å².